The van der Waals surface area contributed by atoms with E-state index in [0.717, 1.165) is 16.7 Å². The lowest BCUT2D eigenvalue weighted by Gasteiger charge is -2.11. The summed E-state index contributed by atoms with van der Waals surface area (Å²) >= 11 is 0. The monoisotopic (exact) mass is 267 g/mol. The number of azide groups is 1. The highest BCUT2D eigenvalue weighted by molar-refractivity contribution is 5.63. The smallest absolute Gasteiger partial charge is 0.0626 e. The molecule has 4 heteroatoms. The highest BCUT2D eigenvalue weighted by atomic mass is 16.2. The first-order valence-electron chi connectivity index (χ1n) is 6.65. The summed E-state index contributed by atoms with van der Waals surface area (Å²) in [5.74, 6) is 0. The summed E-state index contributed by atoms with van der Waals surface area (Å²) in [5, 5.41) is 12.7. The normalized spacial score (nSPS) is 11.7. The van der Waals surface area contributed by atoms with Gasteiger partial charge >= 0.3 is 0 Å². The Kier molecular flexibility index (Phi) is 5.18. The van der Waals surface area contributed by atoms with Crippen LogP contribution >= 0.6 is 0 Å². The molecule has 20 heavy (non-hydrogen) atoms. The molecule has 0 aliphatic rings. The van der Waals surface area contributed by atoms with Crippen molar-refractivity contribution in [3.63, 3.8) is 0 Å². The molecule has 2 aromatic carbocycles. The molecule has 0 bridgehead atoms. The first-order valence-corrected chi connectivity index (χ1v) is 6.65. The second-order valence-electron chi connectivity index (χ2n) is 4.57. The lowest BCUT2D eigenvalue weighted by Crippen LogP contribution is -1.96. The molecule has 0 heterocycles. The van der Waals surface area contributed by atoms with Gasteiger partial charge in [0.2, 0.25) is 0 Å². The van der Waals surface area contributed by atoms with Gasteiger partial charge in [0, 0.05) is 11.5 Å². The van der Waals surface area contributed by atoms with Crippen LogP contribution in [0.25, 0.3) is 21.6 Å². The molecule has 102 valence electrons. The molecule has 2 rings (SSSR count). The van der Waals surface area contributed by atoms with E-state index in [1.54, 1.807) is 0 Å². The van der Waals surface area contributed by atoms with Crippen molar-refractivity contribution in [2.45, 2.75) is 18.9 Å². The Morgan fingerprint density at radius 1 is 1.00 bits per heavy atom. The molecular formula is C16H17N3O. The van der Waals surface area contributed by atoms with Crippen LogP contribution < -0.4 is 0 Å². The summed E-state index contributed by atoms with van der Waals surface area (Å²) in [4.78, 5) is 2.89. The number of benzene rings is 2. The highest BCUT2D eigenvalue weighted by Gasteiger charge is 2.09. The van der Waals surface area contributed by atoms with Crippen LogP contribution in [0.4, 0.5) is 0 Å². The van der Waals surface area contributed by atoms with Crippen molar-refractivity contribution in [3.8, 4) is 11.1 Å². The van der Waals surface area contributed by atoms with Crippen molar-refractivity contribution in [3.05, 3.63) is 70.6 Å². The van der Waals surface area contributed by atoms with Gasteiger partial charge in [0.1, 0.15) is 0 Å². The minimum atomic E-state index is -0.211. The Bertz CT molecular complexity index is 574. The minimum absolute atomic E-state index is 0.111. The number of hydrogen-bond acceptors (Lipinski definition) is 2. The van der Waals surface area contributed by atoms with Gasteiger partial charge in [-0.2, -0.15) is 0 Å². The Balaban J connectivity index is 2.19. The van der Waals surface area contributed by atoms with Crippen molar-refractivity contribution in [2.24, 2.45) is 5.11 Å². The van der Waals surface area contributed by atoms with Crippen LogP contribution in [0, 0.1) is 0 Å². The summed E-state index contributed by atoms with van der Waals surface area (Å²) in [6, 6.07) is 17.9. The van der Waals surface area contributed by atoms with Crippen LogP contribution in [0.5, 0.6) is 0 Å². The zero-order valence-electron chi connectivity index (χ0n) is 11.2. The van der Waals surface area contributed by atoms with Crippen molar-refractivity contribution in [1.82, 2.24) is 0 Å². The molecule has 1 atom stereocenters. The molecule has 0 saturated carbocycles. The molecule has 0 fully saturated rings. The standard InChI is InChI=1S/C16H17N3O/c17-19-18-16(7-4-12-20)15-10-8-14(9-11-15)13-5-2-1-3-6-13/h1-3,5-6,8-11,16,20H,4,7,12H2. The first-order chi connectivity index (χ1) is 9.85. The number of aliphatic hydroxyl groups excluding tert-OH is 1. The van der Waals surface area contributed by atoms with E-state index in [9.17, 15) is 0 Å². The van der Waals surface area contributed by atoms with Gasteiger partial charge in [-0.1, -0.05) is 59.7 Å². The summed E-state index contributed by atoms with van der Waals surface area (Å²) in [5.41, 5.74) is 11.9. The van der Waals surface area contributed by atoms with Gasteiger partial charge in [0.15, 0.2) is 0 Å². The molecule has 0 amide bonds. The SMILES string of the molecule is [N-]=[N+]=NC(CCCO)c1ccc(-c2ccccc2)cc1. The summed E-state index contributed by atoms with van der Waals surface area (Å²) in [6.45, 7) is 0.111. The number of hydrogen-bond donors (Lipinski definition) is 1. The fourth-order valence-electron chi connectivity index (χ4n) is 2.17. The molecule has 1 unspecified atom stereocenters. The van der Waals surface area contributed by atoms with Gasteiger partial charge in [0.25, 0.3) is 0 Å². The lowest BCUT2D eigenvalue weighted by atomic mass is 9.99. The van der Waals surface area contributed by atoms with Crippen LogP contribution in [0.1, 0.15) is 24.4 Å². The van der Waals surface area contributed by atoms with E-state index in [0.29, 0.717) is 12.8 Å². The van der Waals surface area contributed by atoms with Crippen molar-refractivity contribution in [1.29, 1.82) is 0 Å². The van der Waals surface area contributed by atoms with E-state index in [4.69, 9.17) is 10.6 Å². The third-order valence-corrected chi connectivity index (χ3v) is 3.23. The predicted molar refractivity (Wildman–Crippen MR) is 80.1 cm³/mol. The molecule has 0 spiro atoms. The van der Waals surface area contributed by atoms with Crippen molar-refractivity contribution in [2.75, 3.05) is 6.61 Å². The summed E-state index contributed by atoms with van der Waals surface area (Å²) < 4.78 is 0. The van der Waals surface area contributed by atoms with Crippen LogP contribution in [-0.2, 0) is 0 Å². The maximum absolute atomic E-state index is 8.89. The molecule has 0 aromatic heterocycles. The van der Waals surface area contributed by atoms with E-state index >= 15 is 0 Å². The Morgan fingerprint density at radius 3 is 2.25 bits per heavy atom. The van der Waals surface area contributed by atoms with Crippen molar-refractivity contribution >= 4 is 0 Å². The third kappa shape index (κ3) is 3.60. The van der Waals surface area contributed by atoms with E-state index in [1.165, 1.54) is 0 Å². The maximum Gasteiger partial charge on any atom is 0.0626 e. The topological polar surface area (TPSA) is 69.0 Å². The molecule has 0 saturated heterocycles. The maximum atomic E-state index is 8.89. The highest BCUT2D eigenvalue weighted by Crippen LogP contribution is 2.26. The van der Waals surface area contributed by atoms with E-state index in [1.807, 2.05) is 42.5 Å². The van der Waals surface area contributed by atoms with Crippen LogP contribution in [0.15, 0.2) is 59.7 Å². The quantitative estimate of drug-likeness (QED) is 0.468. The van der Waals surface area contributed by atoms with Gasteiger partial charge in [-0.05, 0) is 35.1 Å². The zero-order valence-corrected chi connectivity index (χ0v) is 11.2. The van der Waals surface area contributed by atoms with E-state index in [-0.39, 0.29) is 12.6 Å². The van der Waals surface area contributed by atoms with Gasteiger partial charge in [-0.15, -0.1) is 0 Å². The fourth-order valence-corrected chi connectivity index (χ4v) is 2.17. The molecule has 0 radical (unpaired) electrons. The third-order valence-electron chi connectivity index (χ3n) is 3.23. The minimum Gasteiger partial charge on any atom is -0.396 e. The Hall–Kier alpha value is -2.29. The van der Waals surface area contributed by atoms with Gasteiger partial charge < -0.3 is 5.11 Å². The lowest BCUT2D eigenvalue weighted by molar-refractivity contribution is 0.280. The van der Waals surface area contributed by atoms with Gasteiger partial charge in [0.05, 0.1) is 6.04 Å². The second kappa shape index (κ2) is 7.34. The van der Waals surface area contributed by atoms with Crippen LogP contribution in [-0.4, -0.2) is 11.7 Å². The van der Waals surface area contributed by atoms with Crippen LogP contribution in [0.2, 0.25) is 0 Å². The van der Waals surface area contributed by atoms with Gasteiger partial charge in [-0.3, -0.25) is 0 Å². The van der Waals surface area contributed by atoms with E-state index < -0.39 is 0 Å². The number of nitrogens with zero attached hydrogens (tertiary/aromatic N) is 3. The van der Waals surface area contributed by atoms with Gasteiger partial charge in [-0.25, -0.2) is 0 Å². The predicted octanol–water partition coefficient (Wildman–Crippen LogP) is 4.48. The molecular weight excluding hydrogens is 250 g/mol. The average molecular weight is 267 g/mol. The Morgan fingerprint density at radius 2 is 1.65 bits per heavy atom. The second-order valence-corrected chi connectivity index (χ2v) is 4.57. The largest absolute Gasteiger partial charge is 0.396 e. The van der Waals surface area contributed by atoms with Crippen molar-refractivity contribution < 1.29 is 5.11 Å². The zero-order chi connectivity index (χ0) is 14.2. The summed E-state index contributed by atoms with van der Waals surface area (Å²) in [6.07, 6.45) is 1.29. The fraction of sp³-hybridized carbons (Fsp3) is 0.250. The average Bonchev–Trinajstić information content (AvgIpc) is 2.52. The molecule has 4 nitrogen and oxygen atoms in total. The summed E-state index contributed by atoms with van der Waals surface area (Å²) in [7, 11) is 0. The molecule has 0 aliphatic heterocycles. The number of aliphatic hydroxyl groups is 1. The van der Waals surface area contributed by atoms with E-state index in [2.05, 4.69) is 22.2 Å². The molecule has 1 N–H and O–H groups in total. The molecule has 0 aliphatic carbocycles. The molecule has 2 aromatic rings. The van der Waals surface area contributed by atoms with Crippen LogP contribution in [0.3, 0.4) is 0 Å². The first kappa shape index (κ1) is 14.1. The Labute approximate surface area is 118 Å². The number of rotatable bonds is 6.